The van der Waals surface area contributed by atoms with Crippen LogP contribution in [-0.4, -0.2) is 49.4 Å². The molecule has 32 heavy (non-hydrogen) atoms. The molecule has 0 radical (unpaired) electrons. The van der Waals surface area contributed by atoms with Crippen molar-refractivity contribution in [3.8, 4) is 16.9 Å². The molecule has 3 atom stereocenters. The number of piperidine rings is 1. The molecule has 168 valence electrons. The van der Waals surface area contributed by atoms with Gasteiger partial charge in [0.05, 0.1) is 5.69 Å². The molecule has 0 aliphatic carbocycles. The van der Waals surface area contributed by atoms with Crippen molar-refractivity contribution in [1.82, 2.24) is 10.3 Å². The van der Waals surface area contributed by atoms with Gasteiger partial charge in [-0.2, -0.15) is 5.10 Å². The van der Waals surface area contributed by atoms with Crippen LogP contribution in [0.5, 0.6) is 5.75 Å². The number of carbonyl (C=O) groups excluding carboxylic acids is 1. The van der Waals surface area contributed by atoms with Gasteiger partial charge in [-0.25, -0.2) is 14.2 Å². The van der Waals surface area contributed by atoms with Gasteiger partial charge in [0.2, 0.25) is 0 Å². The van der Waals surface area contributed by atoms with Gasteiger partial charge in [-0.3, -0.25) is 4.79 Å². The van der Waals surface area contributed by atoms with Crippen LogP contribution in [-0.2, 0) is 4.79 Å². The summed E-state index contributed by atoms with van der Waals surface area (Å²) in [5.74, 6) is 0.325. The summed E-state index contributed by atoms with van der Waals surface area (Å²) in [5, 5.41) is 4.16. The molecule has 3 aliphatic rings. The fourth-order valence-corrected chi connectivity index (χ4v) is 5.15. The van der Waals surface area contributed by atoms with Crippen LogP contribution in [0.2, 0.25) is 0 Å². The van der Waals surface area contributed by atoms with Crippen LogP contribution in [0.3, 0.4) is 0 Å². The van der Waals surface area contributed by atoms with Crippen molar-refractivity contribution in [2.45, 2.75) is 32.2 Å². The maximum absolute atomic E-state index is 14.9. The van der Waals surface area contributed by atoms with E-state index in [1.807, 2.05) is 24.0 Å². The minimum absolute atomic E-state index is 0.187. The Balaban J connectivity index is 1.70. The number of benzene rings is 2. The second-order valence-corrected chi connectivity index (χ2v) is 9.00. The third-order valence-electron chi connectivity index (χ3n) is 6.82. The molecule has 0 bridgehead atoms. The number of hydrogen-bond donors (Lipinski definition) is 1. The Labute approximate surface area is 185 Å². The highest BCUT2D eigenvalue weighted by Gasteiger charge is 2.37. The lowest BCUT2D eigenvalue weighted by molar-refractivity contribution is -0.122. The second-order valence-electron chi connectivity index (χ2n) is 9.00. The molecule has 8 heteroatoms. The number of amidine groups is 1. The molecule has 5 rings (SSSR count). The molecule has 1 amide bonds. The standard InChI is InChI=1S/C24H26F2N4O2/c1-13-11-29(3)7-6-16(13)18-9-21-22(10-19(18)17-5-4-15(25)8-20(17)26)32-12-23-27-28-24(31)14(2)30(21)23/h4-5,8-10,13-14,16H,6-7,11-12H2,1-3H3,(H,28,31). The Kier molecular flexibility index (Phi) is 5.12. The van der Waals surface area contributed by atoms with Crippen LogP contribution in [0.15, 0.2) is 35.4 Å². The first kappa shape index (κ1) is 20.9. The summed E-state index contributed by atoms with van der Waals surface area (Å²) in [4.78, 5) is 16.5. The molecule has 2 aromatic carbocycles. The van der Waals surface area contributed by atoms with E-state index in [2.05, 4.69) is 29.4 Å². The zero-order valence-corrected chi connectivity index (χ0v) is 18.4. The highest BCUT2D eigenvalue weighted by molar-refractivity contribution is 6.09. The second kappa shape index (κ2) is 7.85. The quantitative estimate of drug-likeness (QED) is 0.774. The molecule has 1 saturated heterocycles. The van der Waals surface area contributed by atoms with Gasteiger partial charge < -0.3 is 14.5 Å². The maximum atomic E-state index is 14.9. The lowest BCUT2D eigenvalue weighted by Gasteiger charge is -2.40. The first-order valence-corrected chi connectivity index (χ1v) is 10.9. The zero-order valence-electron chi connectivity index (χ0n) is 18.4. The predicted octanol–water partition coefficient (Wildman–Crippen LogP) is 3.72. The van der Waals surface area contributed by atoms with E-state index in [-0.39, 0.29) is 18.4 Å². The average molecular weight is 440 g/mol. The lowest BCUT2D eigenvalue weighted by Crippen LogP contribution is -2.55. The average Bonchev–Trinajstić information content (AvgIpc) is 2.75. The number of hydrazone groups is 1. The number of carbonyl (C=O) groups is 1. The van der Waals surface area contributed by atoms with Gasteiger partial charge in [0.1, 0.15) is 30.0 Å². The van der Waals surface area contributed by atoms with Crippen molar-refractivity contribution >= 4 is 17.4 Å². The molecular formula is C24H26F2N4O2. The predicted molar refractivity (Wildman–Crippen MR) is 119 cm³/mol. The molecule has 6 nitrogen and oxygen atoms in total. The monoisotopic (exact) mass is 440 g/mol. The molecule has 3 unspecified atom stereocenters. The van der Waals surface area contributed by atoms with E-state index >= 15 is 0 Å². The Morgan fingerprint density at radius 2 is 1.97 bits per heavy atom. The molecule has 0 saturated carbocycles. The lowest BCUT2D eigenvalue weighted by atomic mass is 9.78. The number of ether oxygens (including phenoxy) is 1. The Morgan fingerprint density at radius 3 is 2.72 bits per heavy atom. The van der Waals surface area contributed by atoms with Crippen LogP contribution in [0, 0.1) is 17.6 Å². The molecule has 3 aliphatic heterocycles. The van der Waals surface area contributed by atoms with Crippen molar-refractivity contribution in [3.05, 3.63) is 47.5 Å². The summed E-state index contributed by atoms with van der Waals surface area (Å²) in [6.07, 6.45) is 0.921. The largest absolute Gasteiger partial charge is 0.483 e. The number of fused-ring (bicyclic) bond motifs is 3. The summed E-state index contributed by atoms with van der Waals surface area (Å²) in [5.41, 5.74) is 5.33. The molecule has 1 fully saturated rings. The van der Waals surface area contributed by atoms with Crippen LogP contribution in [0.1, 0.15) is 31.7 Å². The van der Waals surface area contributed by atoms with Crippen LogP contribution >= 0.6 is 0 Å². The third kappa shape index (κ3) is 3.43. The summed E-state index contributed by atoms with van der Waals surface area (Å²) in [6, 6.07) is 7.09. The first-order chi connectivity index (χ1) is 15.3. The van der Waals surface area contributed by atoms with Crippen molar-refractivity contribution < 1.29 is 18.3 Å². The smallest absolute Gasteiger partial charge is 0.262 e. The first-order valence-electron chi connectivity index (χ1n) is 10.9. The minimum Gasteiger partial charge on any atom is -0.483 e. The molecule has 3 heterocycles. The van der Waals surface area contributed by atoms with Crippen molar-refractivity contribution in [1.29, 1.82) is 0 Å². The molecule has 2 aromatic rings. The number of anilines is 1. The van der Waals surface area contributed by atoms with Crippen LogP contribution in [0.25, 0.3) is 11.1 Å². The van der Waals surface area contributed by atoms with E-state index in [1.165, 1.54) is 12.1 Å². The molecular weight excluding hydrogens is 414 g/mol. The van der Waals surface area contributed by atoms with E-state index < -0.39 is 17.7 Å². The Bertz CT molecular complexity index is 1120. The van der Waals surface area contributed by atoms with E-state index in [0.29, 0.717) is 28.6 Å². The summed E-state index contributed by atoms with van der Waals surface area (Å²) >= 11 is 0. The highest BCUT2D eigenvalue weighted by Crippen LogP contribution is 2.46. The maximum Gasteiger partial charge on any atom is 0.262 e. The third-order valence-corrected chi connectivity index (χ3v) is 6.82. The number of nitrogens with zero attached hydrogens (tertiary/aromatic N) is 3. The molecule has 0 spiro atoms. The van der Waals surface area contributed by atoms with E-state index in [0.717, 1.165) is 36.8 Å². The Morgan fingerprint density at radius 1 is 1.16 bits per heavy atom. The summed E-state index contributed by atoms with van der Waals surface area (Å²) < 4.78 is 34.5. The van der Waals surface area contributed by atoms with E-state index in [1.54, 1.807) is 0 Å². The van der Waals surface area contributed by atoms with E-state index in [4.69, 9.17) is 4.74 Å². The summed E-state index contributed by atoms with van der Waals surface area (Å²) in [6.45, 7) is 6.09. The minimum atomic E-state index is -0.608. The highest BCUT2D eigenvalue weighted by atomic mass is 19.1. The van der Waals surface area contributed by atoms with Gasteiger partial charge in [-0.05, 0) is 74.2 Å². The molecule has 0 aromatic heterocycles. The fourth-order valence-electron chi connectivity index (χ4n) is 5.15. The normalized spacial score (nSPS) is 25.4. The van der Waals surface area contributed by atoms with Gasteiger partial charge in [0.15, 0.2) is 5.84 Å². The number of nitrogens with one attached hydrogen (secondary N) is 1. The Hall–Kier alpha value is -3.00. The molecule has 1 N–H and O–H groups in total. The number of likely N-dealkylation sites (tertiary alicyclic amines) is 1. The SMILES string of the molecule is CC1CN(C)CCC1c1cc2c(cc1-c1ccc(F)cc1F)OCC1=NNC(=O)C(C)N12. The fraction of sp³-hybridized carbons (Fsp3) is 0.417. The van der Waals surface area contributed by atoms with Gasteiger partial charge in [0.25, 0.3) is 5.91 Å². The number of rotatable bonds is 2. The van der Waals surface area contributed by atoms with E-state index in [9.17, 15) is 13.6 Å². The van der Waals surface area contributed by atoms with Crippen molar-refractivity contribution in [2.24, 2.45) is 11.0 Å². The van der Waals surface area contributed by atoms with Crippen LogP contribution in [0.4, 0.5) is 14.5 Å². The number of amides is 1. The van der Waals surface area contributed by atoms with Gasteiger partial charge >= 0.3 is 0 Å². The van der Waals surface area contributed by atoms with Gasteiger partial charge in [-0.15, -0.1) is 0 Å². The topological polar surface area (TPSA) is 57.2 Å². The summed E-state index contributed by atoms with van der Waals surface area (Å²) in [7, 11) is 2.10. The number of hydrogen-bond acceptors (Lipinski definition) is 5. The number of halogens is 2. The van der Waals surface area contributed by atoms with Gasteiger partial charge in [0, 0.05) is 18.2 Å². The van der Waals surface area contributed by atoms with Gasteiger partial charge in [-0.1, -0.05) is 6.92 Å². The van der Waals surface area contributed by atoms with Crippen molar-refractivity contribution in [3.63, 3.8) is 0 Å². The van der Waals surface area contributed by atoms with Crippen molar-refractivity contribution in [2.75, 3.05) is 31.6 Å². The van der Waals surface area contributed by atoms with Crippen LogP contribution < -0.4 is 15.1 Å². The zero-order chi connectivity index (χ0) is 22.6.